The van der Waals surface area contributed by atoms with Crippen molar-refractivity contribution in [3.8, 4) is 0 Å². The molecule has 0 spiro atoms. The van der Waals surface area contributed by atoms with Gasteiger partial charge in [0.1, 0.15) is 0 Å². The minimum absolute atomic E-state index is 0.150. The van der Waals surface area contributed by atoms with Crippen molar-refractivity contribution in [3.05, 3.63) is 46.6 Å². The first kappa shape index (κ1) is 15.8. The van der Waals surface area contributed by atoms with Crippen LogP contribution in [0.2, 0.25) is 5.02 Å². The third-order valence-corrected chi connectivity index (χ3v) is 4.02. The van der Waals surface area contributed by atoms with Gasteiger partial charge >= 0.3 is 0 Å². The molecule has 1 fully saturated rings. The van der Waals surface area contributed by atoms with Crippen LogP contribution in [0.5, 0.6) is 0 Å². The Balaban J connectivity index is 1.63. The van der Waals surface area contributed by atoms with Crippen molar-refractivity contribution >= 4 is 23.4 Å². The standard InChI is InChI=1S/C16H18ClN3O3/c1-11(12-2-4-13(17)5-3-12)18-16(21)14-10-15(23-19-14)20-6-8-22-9-7-20/h2-5,10-11H,6-9H2,1H3,(H,18,21). The topological polar surface area (TPSA) is 67.6 Å². The summed E-state index contributed by atoms with van der Waals surface area (Å²) in [5.74, 6) is 0.327. The van der Waals surface area contributed by atoms with Gasteiger partial charge in [-0.15, -0.1) is 0 Å². The van der Waals surface area contributed by atoms with E-state index in [4.69, 9.17) is 20.9 Å². The zero-order valence-electron chi connectivity index (χ0n) is 12.8. The summed E-state index contributed by atoms with van der Waals surface area (Å²) in [6.45, 7) is 4.67. The maximum Gasteiger partial charge on any atom is 0.274 e. The number of rotatable bonds is 4. The van der Waals surface area contributed by atoms with Gasteiger partial charge in [0.15, 0.2) is 5.69 Å². The highest BCUT2D eigenvalue weighted by molar-refractivity contribution is 6.30. The lowest BCUT2D eigenvalue weighted by Gasteiger charge is -2.25. The first-order valence-corrected chi connectivity index (χ1v) is 7.87. The van der Waals surface area contributed by atoms with Crippen LogP contribution in [0, 0.1) is 0 Å². The van der Waals surface area contributed by atoms with Crippen molar-refractivity contribution in [2.45, 2.75) is 13.0 Å². The average molecular weight is 336 g/mol. The number of hydrogen-bond donors (Lipinski definition) is 1. The number of halogens is 1. The number of ether oxygens (including phenoxy) is 1. The summed E-state index contributed by atoms with van der Waals surface area (Å²) in [6.07, 6.45) is 0. The molecule has 1 N–H and O–H groups in total. The van der Waals surface area contributed by atoms with E-state index in [0.29, 0.717) is 24.1 Å². The molecule has 1 amide bonds. The maximum absolute atomic E-state index is 12.3. The number of morpholine rings is 1. The number of aromatic nitrogens is 1. The number of carbonyl (C=O) groups is 1. The van der Waals surface area contributed by atoms with E-state index in [2.05, 4.69) is 10.5 Å². The molecule has 0 radical (unpaired) electrons. The highest BCUT2D eigenvalue weighted by atomic mass is 35.5. The fourth-order valence-corrected chi connectivity index (χ4v) is 2.54. The Labute approximate surface area is 139 Å². The van der Waals surface area contributed by atoms with Crippen LogP contribution in [0.3, 0.4) is 0 Å². The van der Waals surface area contributed by atoms with Gasteiger partial charge in [-0.05, 0) is 24.6 Å². The molecule has 23 heavy (non-hydrogen) atoms. The molecule has 0 saturated carbocycles. The third-order valence-electron chi connectivity index (χ3n) is 3.77. The third kappa shape index (κ3) is 3.83. The Hall–Kier alpha value is -2.05. The van der Waals surface area contributed by atoms with E-state index in [9.17, 15) is 4.79 Å². The lowest BCUT2D eigenvalue weighted by Crippen LogP contribution is -2.35. The van der Waals surface area contributed by atoms with Crippen LogP contribution < -0.4 is 10.2 Å². The summed E-state index contributed by atoms with van der Waals surface area (Å²) in [5, 5.41) is 7.43. The van der Waals surface area contributed by atoms with Gasteiger partial charge in [0.2, 0.25) is 5.88 Å². The number of benzene rings is 1. The Morgan fingerprint density at radius 3 is 2.70 bits per heavy atom. The molecule has 3 rings (SSSR count). The van der Waals surface area contributed by atoms with Gasteiger partial charge in [-0.3, -0.25) is 4.79 Å². The lowest BCUT2D eigenvalue weighted by atomic mass is 10.1. The molecule has 2 aromatic rings. The fraction of sp³-hybridized carbons (Fsp3) is 0.375. The van der Waals surface area contributed by atoms with E-state index in [1.165, 1.54) is 0 Å². The van der Waals surface area contributed by atoms with E-state index in [1.54, 1.807) is 18.2 Å². The second-order valence-electron chi connectivity index (χ2n) is 5.40. The molecule has 1 aliphatic rings. The van der Waals surface area contributed by atoms with Gasteiger partial charge < -0.3 is 19.5 Å². The van der Waals surface area contributed by atoms with E-state index in [-0.39, 0.29) is 17.6 Å². The second-order valence-corrected chi connectivity index (χ2v) is 5.83. The minimum atomic E-state index is -0.268. The summed E-state index contributed by atoms with van der Waals surface area (Å²) >= 11 is 5.87. The number of amides is 1. The number of nitrogens with one attached hydrogen (secondary N) is 1. The molecule has 0 bridgehead atoms. The smallest absolute Gasteiger partial charge is 0.274 e. The number of nitrogens with zero attached hydrogens (tertiary/aromatic N) is 2. The van der Waals surface area contributed by atoms with Gasteiger partial charge in [-0.25, -0.2) is 0 Å². The molecule has 1 aliphatic heterocycles. The quantitative estimate of drug-likeness (QED) is 0.930. The van der Waals surface area contributed by atoms with Crippen LogP contribution in [0.4, 0.5) is 5.88 Å². The molecule has 0 aliphatic carbocycles. The Morgan fingerprint density at radius 1 is 1.30 bits per heavy atom. The molecule has 1 unspecified atom stereocenters. The number of hydrogen-bond acceptors (Lipinski definition) is 5. The first-order valence-electron chi connectivity index (χ1n) is 7.49. The molecule has 7 heteroatoms. The summed E-state index contributed by atoms with van der Waals surface area (Å²) in [6, 6.07) is 8.88. The van der Waals surface area contributed by atoms with Crippen molar-refractivity contribution in [1.82, 2.24) is 10.5 Å². The molecular weight excluding hydrogens is 318 g/mol. The van der Waals surface area contributed by atoms with Gasteiger partial charge in [-0.2, -0.15) is 0 Å². The van der Waals surface area contributed by atoms with Crippen LogP contribution in [0.15, 0.2) is 34.9 Å². The SMILES string of the molecule is CC(NC(=O)c1cc(N2CCOCC2)on1)c1ccc(Cl)cc1. The zero-order chi connectivity index (χ0) is 16.2. The van der Waals surface area contributed by atoms with Crippen LogP contribution in [0.25, 0.3) is 0 Å². The van der Waals surface area contributed by atoms with Crippen LogP contribution in [0.1, 0.15) is 29.0 Å². The molecule has 1 aromatic heterocycles. The second kappa shape index (κ2) is 7.02. The number of anilines is 1. The minimum Gasteiger partial charge on any atom is -0.378 e. The van der Waals surface area contributed by atoms with Crippen molar-refractivity contribution in [1.29, 1.82) is 0 Å². The van der Waals surface area contributed by atoms with Gasteiger partial charge in [0, 0.05) is 24.2 Å². The van der Waals surface area contributed by atoms with E-state index >= 15 is 0 Å². The summed E-state index contributed by atoms with van der Waals surface area (Å²) in [7, 11) is 0. The maximum atomic E-state index is 12.3. The van der Waals surface area contributed by atoms with E-state index < -0.39 is 0 Å². The molecule has 1 aromatic carbocycles. The molecule has 122 valence electrons. The van der Waals surface area contributed by atoms with Crippen molar-refractivity contribution in [2.24, 2.45) is 0 Å². The molecule has 1 saturated heterocycles. The van der Waals surface area contributed by atoms with Crippen LogP contribution in [-0.4, -0.2) is 37.4 Å². The largest absolute Gasteiger partial charge is 0.378 e. The van der Waals surface area contributed by atoms with E-state index in [0.717, 1.165) is 18.7 Å². The molecule has 6 nitrogen and oxygen atoms in total. The van der Waals surface area contributed by atoms with Crippen molar-refractivity contribution in [3.63, 3.8) is 0 Å². The highest BCUT2D eigenvalue weighted by Gasteiger charge is 2.20. The average Bonchev–Trinajstić information content (AvgIpc) is 3.06. The monoisotopic (exact) mass is 335 g/mol. The summed E-state index contributed by atoms with van der Waals surface area (Å²) in [5.41, 5.74) is 1.24. The summed E-state index contributed by atoms with van der Waals surface area (Å²) in [4.78, 5) is 14.3. The van der Waals surface area contributed by atoms with Crippen LogP contribution in [-0.2, 0) is 4.74 Å². The summed E-state index contributed by atoms with van der Waals surface area (Å²) < 4.78 is 10.6. The molecule has 1 atom stereocenters. The highest BCUT2D eigenvalue weighted by Crippen LogP contribution is 2.19. The van der Waals surface area contributed by atoms with Crippen molar-refractivity contribution < 1.29 is 14.1 Å². The lowest BCUT2D eigenvalue weighted by molar-refractivity contribution is 0.0930. The molecule has 2 heterocycles. The predicted octanol–water partition coefficient (Wildman–Crippen LogP) is 2.66. The van der Waals surface area contributed by atoms with Gasteiger partial charge in [0.05, 0.1) is 19.3 Å². The number of carbonyl (C=O) groups excluding carboxylic acids is 1. The molecular formula is C16H18ClN3O3. The Kier molecular flexibility index (Phi) is 4.83. The van der Waals surface area contributed by atoms with Gasteiger partial charge in [-0.1, -0.05) is 28.9 Å². The fourth-order valence-electron chi connectivity index (χ4n) is 2.41. The van der Waals surface area contributed by atoms with Crippen molar-refractivity contribution in [2.75, 3.05) is 31.2 Å². The predicted molar refractivity (Wildman–Crippen MR) is 86.9 cm³/mol. The van der Waals surface area contributed by atoms with E-state index in [1.807, 2.05) is 24.0 Å². The van der Waals surface area contributed by atoms with Crippen LogP contribution >= 0.6 is 11.6 Å². The Morgan fingerprint density at radius 2 is 2.00 bits per heavy atom. The van der Waals surface area contributed by atoms with Gasteiger partial charge in [0.25, 0.3) is 5.91 Å². The first-order chi connectivity index (χ1) is 11.1. The Bertz CT molecular complexity index is 665. The normalized spacial score (nSPS) is 16.2. The zero-order valence-corrected chi connectivity index (χ0v) is 13.5.